The molecule has 0 rings (SSSR count). The molecule has 0 amide bonds. The Morgan fingerprint density at radius 2 is 1.17 bits per heavy atom. The van der Waals surface area contributed by atoms with Crippen molar-refractivity contribution in [2.24, 2.45) is 0 Å². The third kappa shape index (κ3) is 65.4. The van der Waals surface area contributed by atoms with Crippen LogP contribution in [0, 0.1) is 0 Å². The maximum Gasteiger partial charge on any atom is 0 e. The molecule has 0 N–H and O–H groups in total. The monoisotopic (exact) mass is 341 g/mol. The Labute approximate surface area is 58.0 Å². The van der Waals surface area contributed by atoms with Crippen molar-refractivity contribution in [3.8, 4) is 0 Å². The van der Waals surface area contributed by atoms with E-state index in [1.807, 2.05) is 0 Å². The predicted molar refractivity (Wildman–Crippen MR) is 6.44 cm³/mol. The van der Waals surface area contributed by atoms with E-state index in [2.05, 4.69) is 0 Å². The summed E-state index contributed by atoms with van der Waals surface area (Å²) >= 11 is -5.88. The molecule has 0 heterocycles. The van der Waals surface area contributed by atoms with Gasteiger partial charge >= 0.3 is 30.5 Å². The van der Waals surface area contributed by atoms with Crippen LogP contribution in [-0.4, -0.2) is 14.5 Å². The molecule has 4 nitrogen and oxygen atoms in total. The van der Waals surface area contributed by atoms with Crippen LogP contribution < -0.4 is 12.3 Å². The van der Waals surface area contributed by atoms with E-state index in [1.54, 1.807) is 0 Å². The Morgan fingerprint density at radius 1 is 1.17 bits per heavy atom. The van der Waals surface area contributed by atoms with E-state index >= 15 is 0 Å². The second-order valence-electron chi connectivity index (χ2n) is 0.447. The zero-order valence-corrected chi connectivity index (χ0v) is 10.2. The molecule has 0 aliphatic carbocycles. The fourth-order valence-electron chi connectivity index (χ4n) is 0. The summed E-state index contributed by atoms with van der Waals surface area (Å²) in [5.74, 6) is 0. The zero-order valence-electron chi connectivity index (χ0n) is 2.79. The molecule has 0 spiro atoms. The molecule has 0 bridgehead atoms. The van der Waals surface area contributed by atoms with Crippen molar-refractivity contribution in [3.05, 3.63) is 0 Å². The first-order chi connectivity index (χ1) is 2.00. The molecule has 0 fully saturated rings. The summed E-state index contributed by atoms with van der Waals surface area (Å²) in [6, 6.07) is 0. The van der Waals surface area contributed by atoms with Crippen molar-refractivity contribution >= 4 is 14.5 Å². The van der Waals surface area contributed by atoms with Crippen molar-refractivity contribution in [3.63, 3.8) is 0 Å². The van der Waals surface area contributed by atoms with E-state index in [9.17, 15) is 0 Å². The standard InChI is InChI=1S/AsH3O4.Hg/c2-1(3,4)5;/h(H3,2,3,4,5);/p-3. The molecule has 0 saturated carbocycles. The van der Waals surface area contributed by atoms with Crippen LogP contribution in [-0.2, 0) is 31.4 Å². The second-order valence-corrected chi connectivity index (χ2v) is 2.32. The predicted octanol–water partition coefficient (Wildman–Crippen LogP) is -4.07. The molecule has 0 aliphatic heterocycles. The van der Waals surface area contributed by atoms with E-state index in [0.29, 0.717) is 0 Å². The minimum atomic E-state index is -5.88. The number of rotatable bonds is 0. The summed E-state index contributed by atoms with van der Waals surface area (Å²) < 4.78 is 34.4. The Kier molecular flexibility index (Phi) is 5.47. The average molecular weight is 340 g/mol. The van der Waals surface area contributed by atoms with Crippen LogP contribution in [0.25, 0.3) is 0 Å². The fraction of sp³-hybridized carbons (Fsp3) is 0. The maximum absolute atomic E-state index is 8.61. The molecular formula is AsHgO4-3. The third-order valence-electron chi connectivity index (χ3n) is 0. The van der Waals surface area contributed by atoms with Gasteiger partial charge in [0.25, 0.3) is 0 Å². The summed E-state index contributed by atoms with van der Waals surface area (Å²) in [7, 11) is 0. The summed E-state index contributed by atoms with van der Waals surface area (Å²) in [5.41, 5.74) is 0. The fourth-order valence-corrected chi connectivity index (χ4v) is 0. The van der Waals surface area contributed by atoms with Gasteiger partial charge in [0.2, 0.25) is 0 Å². The first-order valence-corrected chi connectivity index (χ1v) is 3.79. The Morgan fingerprint density at radius 3 is 1.17 bits per heavy atom. The van der Waals surface area contributed by atoms with Gasteiger partial charge < -0.3 is 0 Å². The van der Waals surface area contributed by atoms with Gasteiger partial charge in [-0.1, -0.05) is 0 Å². The summed E-state index contributed by atoms with van der Waals surface area (Å²) in [6.07, 6.45) is 0. The summed E-state index contributed by atoms with van der Waals surface area (Å²) in [4.78, 5) is 0. The molecule has 0 radical (unpaired) electrons. The third-order valence-corrected chi connectivity index (χ3v) is 0. The van der Waals surface area contributed by atoms with Crippen molar-refractivity contribution < 1.29 is 43.7 Å². The van der Waals surface area contributed by atoms with E-state index in [1.165, 1.54) is 0 Å². The Hall–Kier alpha value is 1.17. The van der Waals surface area contributed by atoms with Gasteiger partial charge in [-0.25, -0.2) is 0 Å². The van der Waals surface area contributed by atoms with Crippen molar-refractivity contribution in [2.45, 2.75) is 0 Å². The molecule has 0 aromatic rings. The minimum absolute atomic E-state index is 0. The van der Waals surface area contributed by atoms with Crippen LogP contribution in [0.5, 0.6) is 0 Å². The number of hydrogen-bond donors (Lipinski definition) is 0. The van der Waals surface area contributed by atoms with Crippen LogP contribution >= 0.6 is 0 Å². The van der Waals surface area contributed by atoms with Gasteiger partial charge in [-0.2, -0.15) is 0 Å². The SMILES string of the molecule is O=[As]([O-])([O-])[O-].[Hg]. The molecule has 0 saturated heterocycles. The molecule has 0 unspecified atom stereocenters. The quantitative estimate of drug-likeness (QED) is 0.420. The van der Waals surface area contributed by atoms with Crippen molar-refractivity contribution in [1.82, 2.24) is 0 Å². The van der Waals surface area contributed by atoms with E-state index in [-0.39, 0.29) is 27.7 Å². The summed E-state index contributed by atoms with van der Waals surface area (Å²) in [5, 5.41) is 0. The van der Waals surface area contributed by atoms with Crippen LogP contribution in [0.3, 0.4) is 0 Å². The van der Waals surface area contributed by atoms with Gasteiger partial charge in [0.05, 0.1) is 0 Å². The average Bonchev–Trinajstić information content (AvgIpc) is 0.722. The molecule has 6 heteroatoms. The first-order valence-electron chi connectivity index (χ1n) is 0.730. The largest absolute Gasteiger partial charge is 0 e. The minimum Gasteiger partial charge on any atom is 0 e. The zero-order chi connectivity index (χ0) is 4.50. The maximum atomic E-state index is 8.61. The van der Waals surface area contributed by atoms with Crippen LogP contribution in [0.2, 0.25) is 0 Å². The molecule has 0 aliphatic rings. The van der Waals surface area contributed by atoms with Gasteiger partial charge in [-0.15, -0.1) is 0 Å². The van der Waals surface area contributed by atoms with Gasteiger partial charge in [-0.3, -0.25) is 0 Å². The van der Waals surface area contributed by atoms with Crippen molar-refractivity contribution in [1.29, 1.82) is 0 Å². The van der Waals surface area contributed by atoms with E-state index in [4.69, 9.17) is 16.0 Å². The van der Waals surface area contributed by atoms with Gasteiger partial charge in [0.15, 0.2) is 0 Å². The van der Waals surface area contributed by atoms with Crippen LogP contribution in [0.1, 0.15) is 0 Å². The Bertz CT molecular complexity index is 53.7. The summed E-state index contributed by atoms with van der Waals surface area (Å²) in [6.45, 7) is 0. The first kappa shape index (κ1) is 10.2. The molecule has 0 aromatic carbocycles. The van der Waals surface area contributed by atoms with Gasteiger partial charge in [0, 0.05) is 27.7 Å². The number of hydrogen-bond acceptors (Lipinski definition) is 4. The topological polar surface area (TPSA) is 86.2 Å². The van der Waals surface area contributed by atoms with Gasteiger partial charge in [-0.05, 0) is 0 Å². The molecule has 6 heavy (non-hydrogen) atoms. The molecular weight excluding hydrogens is 340 g/mol. The van der Waals surface area contributed by atoms with Crippen molar-refractivity contribution in [2.75, 3.05) is 0 Å². The van der Waals surface area contributed by atoms with Crippen LogP contribution in [0.4, 0.5) is 0 Å². The van der Waals surface area contributed by atoms with Crippen LogP contribution in [0.15, 0.2) is 0 Å². The Balaban J connectivity index is 0. The van der Waals surface area contributed by atoms with E-state index in [0.717, 1.165) is 0 Å². The molecule has 0 atom stereocenters. The van der Waals surface area contributed by atoms with Gasteiger partial charge in [0.1, 0.15) is 0 Å². The smallest absolute Gasteiger partial charge is 0 e. The molecule has 34 valence electrons. The normalized spacial score (nSPS) is 9.83. The second kappa shape index (κ2) is 3.21. The van der Waals surface area contributed by atoms with E-state index < -0.39 is 14.5 Å². The molecule has 0 aromatic heterocycles.